The zero-order valence-electron chi connectivity index (χ0n) is 24.3. The number of amides is 2. The van der Waals surface area contributed by atoms with Crippen molar-refractivity contribution in [2.24, 2.45) is 0 Å². The van der Waals surface area contributed by atoms with Gasteiger partial charge in [0, 0.05) is 81.6 Å². The van der Waals surface area contributed by atoms with Gasteiger partial charge < -0.3 is 14.8 Å². The summed E-state index contributed by atoms with van der Waals surface area (Å²) in [6, 6.07) is 9.86. The van der Waals surface area contributed by atoms with E-state index in [1.807, 2.05) is 47.8 Å². The molecule has 0 unspecified atom stereocenters. The van der Waals surface area contributed by atoms with Gasteiger partial charge in [0.25, 0.3) is 5.91 Å². The smallest absolute Gasteiger partial charge is 0.251 e. The van der Waals surface area contributed by atoms with Gasteiger partial charge in [-0.05, 0) is 61.2 Å². The van der Waals surface area contributed by atoms with E-state index in [-0.39, 0.29) is 11.8 Å². The Balaban J connectivity index is 1.51. The quantitative estimate of drug-likeness (QED) is 0.377. The standard InChI is InChI=1S/C32H44N6O2/c1-25(2)31-34-16-20-37(31)18-10-15-35-32(40)28-12-13-30-29(21-28)24-36(23-27-11-9-14-33-22-27)17-7-5-4-6-8-19-38(30)26(3)39/h9,11-14,16,20-22,25H,4-8,10,15,17-19,23-24H2,1-3H3,(H,35,40). The first-order chi connectivity index (χ1) is 19.4. The minimum Gasteiger partial charge on any atom is -0.352 e. The molecule has 2 aromatic heterocycles. The molecule has 3 heterocycles. The lowest BCUT2D eigenvalue weighted by molar-refractivity contribution is -0.116. The number of rotatable bonds is 8. The highest BCUT2D eigenvalue weighted by atomic mass is 16.2. The van der Waals surface area contributed by atoms with E-state index in [2.05, 4.69) is 44.7 Å². The van der Waals surface area contributed by atoms with Crippen molar-refractivity contribution in [1.29, 1.82) is 0 Å². The largest absolute Gasteiger partial charge is 0.352 e. The van der Waals surface area contributed by atoms with Crippen molar-refractivity contribution in [3.8, 4) is 0 Å². The lowest BCUT2D eigenvalue weighted by atomic mass is 10.0. The summed E-state index contributed by atoms with van der Waals surface area (Å²) in [5.41, 5.74) is 3.70. The summed E-state index contributed by atoms with van der Waals surface area (Å²) >= 11 is 0. The number of benzene rings is 1. The number of fused-ring (bicyclic) bond motifs is 1. The van der Waals surface area contributed by atoms with Crippen LogP contribution in [0.2, 0.25) is 0 Å². The van der Waals surface area contributed by atoms with E-state index in [4.69, 9.17) is 0 Å². The fourth-order valence-electron chi connectivity index (χ4n) is 5.47. The molecule has 0 aliphatic carbocycles. The van der Waals surface area contributed by atoms with E-state index in [0.29, 0.717) is 31.1 Å². The van der Waals surface area contributed by atoms with E-state index >= 15 is 0 Å². The predicted molar refractivity (Wildman–Crippen MR) is 159 cm³/mol. The zero-order chi connectivity index (χ0) is 28.3. The fraction of sp³-hybridized carbons (Fsp3) is 0.500. The Morgan fingerprint density at radius 2 is 1.82 bits per heavy atom. The van der Waals surface area contributed by atoms with Gasteiger partial charge in [-0.25, -0.2) is 4.98 Å². The highest BCUT2D eigenvalue weighted by molar-refractivity contribution is 5.97. The van der Waals surface area contributed by atoms with Crippen LogP contribution in [-0.4, -0.2) is 50.9 Å². The summed E-state index contributed by atoms with van der Waals surface area (Å²) in [6.45, 7) is 10.4. The van der Waals surface area contributed by atoms with E-state index in [9.17, 15) is 9.59 Å². The van der Waals surface area contributed by atoms with Crippen molar-refractivity contribution < 1.29 is 9.59 Å². The summed E-state index contributed by atoms with van der Waals surface area (Å²) in [4.78, 5) is 39.0. The molecule has 0 saturated carbocycles. The van der Waals surface area contributed by atoms with Gasteiger partial charge in [0.15, 0.2) is 0 Å². The number of hydrogen-bond donors (Lipinski definition) is 1. The van der Waals surface area contributed by atoms with Crippen LogP contribution in [0.5, 0.6) is 0 Å². The summed E-state index contributed by atoms with van der Waals surface area (Å²) in [7, 11) is 0. The van der Waals surface area contributed by atoms with Crippen molar-refractivity contribution in [1.82, 2.24) is 24.8 Å². The van der Waals surface area contributed by atoms with E-state index in [1.54, 1.807) is 13.1 Å². The molecule has 1 aliphatic heterocycles. The Labute approximate surface area is 238 Å². The number of carbonyl (C=O) groups excluding carboxylic acids is 2. The number of aromatic nitrogens is 3. The van der Waals surface area contributed by atoms with E-state index in [0.717, 1.165) is 68.0 Å². The second-order valence-corrected chi connectivity index (χ2v) is 11.1. The molecule has 1 aliphatic rings. The third-order valence-electron chi connectivity index (χ3n) is 7.52. The third-order valence-corrected chi connectivity index (χ3v) is 7.52. The number of aryl methyl sites for hydroxylation is 1. The SMILES string of the molecule is CC(=O)N1CCCCCCCN(Cc2cccnc2)Cc2cc(C(=O)NCCCn3ccnc3C(C)C)ccc21. The Kier molecular flexibility index (Phi) is 10.9. The molecular weight excluding hydrogens is 500 g/mol. The molecule has 2 amide bonds. The maximum absolute atomic E-state index is 13.2. The Hall–Kier alpha value is -3.52. The van der Waals surface area contributed by atoms with Crippen LogP contribution >= 0.6 is 0 Å². The van der Waals surface area contributed by atoms with Gasteiger partial charge >= 0.3 is 0 Å². The second kappa shape index (κ2) is 14.7. The first-order valence-electron chi connectivity index (χ1n) is 14.7. The van der Waals surface area contributed by atoms with Crippen LogP contribution in [0.25, 0.3) is 0 Å². The predicted octanol–water partition coefficient (Wildman–Crippen LogP) is 5.54. The molecule has 0 atom stereocenters. The molecule has 0 fully saturated rings. The molecule has 1 aromatic carbocycles. The molecule has 0 spiro atoms. The van der Waals surface area contributed by atoms with Gasteiger partial charge in [-0.1, -0.05) is 39.2 Å². The van der Waals surface area contributed by atoms with Gasteiger partial charge in [-0.2, -0.15) is 0 Å². The van der Waals surface area contributed by atoms with Gasteiger partial charge in [-0.3, -0.25) is 19.5 Å². The highest BCUT2D eigenvalue weighted by Crippen LogP contribution is 2.27. The van der Waals surface area contributed by atoms with Gasteiger partial charge in [0.05, 0.1) is 0 Å². The minimum atomic E-state index is -0.0863. The molecule has 0 bridgehead atoms. The fourth-order valence-corrected chi connectivity index (χ4v) is 5.47. The number of hydrogen-bond acceptors (Lipinski definition) is 5. The third kappa shape index (κ3) is 8.24. The number of nitrogens with zero attached hydrogens (tertiary/aromatic N) is 5. The monoisotopic (exact) mass is 544 g/mol. The first-order valence-corrected chi connectivity index (χ1v) is 14.7. The molecule has 1 N–H and O–H groups in total. The van der Waals surface area contributed by atoms with Crippen LogP contribution in [0.15, 0.2) is 55.1 Å². The first kappa shape index (κ1) is 29.5. The molecule has 40 heavy (non-hydrogen) atoms. The minimum absolute atomic E-state index is 0.0367. The molecule has 4 rings (SSSR count). The highest BCUT2D eigenvalue weighted by Gasteiger charge is 2.20. The molecule has 8 nitrogen and oxygen atoms in total. The molecule has 3 aromatic rings. The molecule has 0 radical (unpaired) electrons. The average Bonchev–Trinajstić information content (AvgIpc) is 3.41. The van der Waals surface area contributed by atoms with Crippen molar-refractivity contribution in [3.63, 3.8) is 0 Å². The lowest BCUT2D eigenvalue weighted by Gasteiger charge is -2.29. The number of nitrogens with one attached hydrogen (secondary N) is 1. The van der Waals surface area contributed by atoms with Crippen LogP contribution in [-0.2, 0) is 24.4 Å². The van der Waals surface area contributed by atoms with Gasteiger partial charge in [0.2, 0.25) is 5.91 Å². The van der Waals surface area contributed by atoms with Crippen molar-refractivity contribution in [3.05, 3.63) is 77.6 Å². The number of imidazole rings is 1. The van der Waals surface area contributed by atoms with Crippen LogP contribution in [0.3, 0.4) is 0 Å². The van der Waals surface area contributed by atoms with Gasteiger partial charge in [0.1, 0.15) is 5.82 Å². The van der Waals surface area contributed by atoms with Crippen LogP contribution in [0.1, 0.15) is 92.5 Å². The van der Waals surface area contributed by atoms with Gasteiger partial charge in [-0.15, -0.1) is 0 Å². The topological polar surface area (TPSA) is 83.4 Å². The number of anilines is 1. The summed E-state index contributed by atoms with van der Waals surface area (Å²) in [5.74, 6) is 1.38. The average molecular weight is 545 g/mol. The molecule has 214 valence electrons. The zero-order valence-corrected chi connectivity index (χ0v) is 24.3. The lowest BCUT2D eigenvalue weighted by Crippen LogP contribution is -2.33. The Bertz CT molecular complexity index is 1240. The van der Waals surface area contributed by atoms with Crippen molar-refractivity contribution >= 4 is 17.5 Å². The van der Waals surface area contributed by atoms with Crippen molar-refractivity contribution in [2.45, 2.75) is 84.8 Å². The molecule has 8 heteroatoms. The number of carbonyl (C=O) groups is 2. The Morgan fingerprint density at radius 1 is 1.02 bits per heavy atom. The Morgan fingerprint density at radius 3 is 2.58 bits per heavy atom. The normalized spacial score (nSPS) is 15.2. The summed E-state index contributed by atoms with van der Waals surface area (Å²) in [6.07, 6.45) is 13.9. The van der Waals surface area contributed by atoms with E-state index < -0.39 is 0 Å². The molecule has 0 saturated heterocycles. The second-order valence-electron chi connectivity index (χ2n) is 11.1. The maximum Gasteiger partial charge on any atom is 0.251 e. The van der Waals surface area contributed by atoms with Crippen LogP contribution < -0.4 is 10.2 Å². The van der Waals surface area contributed by atoms with E-state index in [1.165, 1.54) is 12.8 Å². The maximum atomic E-state index is 13.2. The van der Waals surface area contributed by atoms with Crippen molar-refractivity contribution in [2.75, 3.05) is 24.5 Å². The van der Waals surface area contributed by atoms with Crippen LogP contribution in [0, 0.1) is 0 Å². The summed E-state index contributed by atoms with van der Waals surface area (Å²) in [5, 5.41) is 3.10. The number of pyridine rings is 1. The molecular formula is C32H44N6O2. The van der Waals surface area contributed by atoms with Crippen LogP contribution in [0.4, 0.5) is 5.69 Å². The summed E-state index contributed by atoms with van der Waals surface area (Å²) < 4.78 is 2.16.